The van der Waals surface area contributed by atoms with E-state index in [1.807, 2.05) is 23.1 Å². The lowest BCUT2D eigenvalue weighted by atomic mass is 10.0. The van der Waals surface area contributed by atoms with Gasteiger partial charge in [-0.1, -0.05) is 54.6 Å². The largest absolute Gasteiger partial charge is 0.466 e. The summed E-state index contributed by atoms with van der Waals surface area (Å²) >= 11 is 0. The number of nitrogens with zero attached hydrogens (tertiary/aromatic N) is 1. The van der Waals surface area contributed by atoms with E-state index in [0.29, 0.717) is 19.7 Å². The lowest BCUT2D eigenvalue weighted by Gasteiger charge is -2.34. The lowest BCUT2D eigenvalue weighted by molar-refractivity contribution is -0.148. The van der Waals surface area contributed by atoms with Crippen molar-refractivity contribution in [3.8, 4) is 11.1 Å². The molecule has 1 amide bonds. The molecule has 26 heavy (non-hydrogen) atoms. The molecule has 0 radical (unpaired) electrons. The summed E-state index contributed by atoms with van der Waals surface area (Å²) in [6, 6.07) is 18.1. The maximum Gasteiger partial charge on any atom is 0.307 e. The fourth-order valence-electron chi connectivity index (χ4n) is 3.22. The fourth-order valence-corrected chi connectivity index (χ4v) is 3.22. The number of amides is 1. The third-order valence-electron chi connectivity index (χ3n) is 4.55. The Labute approximate surface area is 154 Å². The van der Waals surface area contributed by atoms with Gasteiger partial charge in [-0.3, -0.25) is 14.5 Å². The highest BCUT2D eigenvalue weighted by Crippen LogP contribution is 2.21. The lowest BCUT2D eigenvalue weighted by Crippen LogP contribution is -2.55. The van der Waals surface area contributed by atoms with Crippen LogP contribution in [0.2, 0.25) is 0 Å². The van der Waals surface area contributed by atoms with E-state index in [-0.39, 0.29) is 18.3 Å². The highest BCUT2D eigenvalue weighted by atomic mass is 16.5. The third-order valence-corrected chi connectivity index (χ3v) is 4.55. The number of carbonyl (C=O) groups excluding carboxylic acids is 2. The third kappa shape index (κ3) is 4.49. The molecule has 1 atom stereocenters. The normalized spacial score (nSPS) is 17.6. The van der Waals surface area contributed by atoms with Gasteiger partial charge in [0.05, 0.1) is 13.0 Å². The number of hydrogen-bond donors (Lipinski definition) is 1. The first-order chi connectivity index (χ1) is 12.7. The number of carbonyl (C=O) groups is 2. The Hall–Kier alpha value is -2.66. The van der Waals surface area contributed by atoms with Crippen molar-refractivity contribution in [2.24, 2.45) is 0 Å². The molecule has 1 saturated heterocycles. The summed E-state index contributed by atoms with van der Waals surface area (Å²) in [5, 5.41) is 2.84. The van der Waals surface area contributed by atoms with Crippen LogP contribution in [-0.4, -0.2) is 42.5 Å². The molecule has 1 fully saturated rings. The summed E-state index contributed by atoms with van der Waals surface area (Å²) in [6.07, 6.45) is 0.0851. The second-order valence-electron chi connectivity index (χ2n) is 6.35. The molecule has 0 aliphatic carbocycles. The molecule has 0 spiro atoms. The van der Waals surface area contributed by atoms with Gasteiger partial charge in [-0.05, 0) is 23.6 Å². The van der Waals surface area contributed by atoms with Crippen molar-refractivity contribution in [3.63, 3.8) is 0 Å². The summed E-state index contributed by atoms with van der Waals surface area (Å²) in [5.41, 5.74) is 3.46. The second-order valence-corrected chi connectivity index (χ2v) is 6.35. The molecule has 3 rings (SSSR count). The number of piperazine rings is 1. The minimum absolute atomic E-state index is 0.0851. The Kier molecular flexibility index (Phi) is 6.02. The van der Waals surface area contributed by atoms with Gasteiger partial charge in [0, 0.05) is 19.6 Å². The van der Waals surface area contributed by atoms with Gasteiger partial charge in [-0.25, -0.2) is 0 Å². The van der Waals surface area contributed by atoms with Gasteiger partial charge in [0.15, 0.2) is 0 Å². The van der Waals surface area contributed by atoms with E-state index >= 15 is 0 Å². The Morgan fingerprint density at radius 3 is 2.50 bits per heavy atom. The van der Waals surface area contributed by atoms with Crippen LogP contribution in [0.3, 0.4) is 0 Å². The predicted octanol–water partition coefficient (Wildman–Crippen LogP) is 2.61. The quantitative estimate of drug-likeness (QED) is 0.812. The minimum atomic E-state index is -0.475. The van der Waals surface area contributed by atoms with Crippen LogP contribution in [0.1, 0.15) is 18.9 Å². The van der Waals surface area contributed by atoms with Crippen molar-refractivity contribution in [3.05, 3.63) is 60.2 Å². The van der Waals surface area contributed by atoms with E-state index in [1.165, 1.54) is 5.56 Å². The minimum Gasteiger partial charge on any atom is -0.466 e. The highest BCUT2D eigenvalue weighted by molar-refractivity contribution is 5.87. The van der Waals surface area contributed by atoms with E-state index in [2.05, 4.69) is 41.7 Å². The topological polar surface area (TPSA) is 58.6 Å². The summed E-state index contributed by atoms with van der Waals surface area (Å²) in [7, 11) is 0. The summed E-state index contributed by atoms with van der Waals surface area (Å²) < 4.78 is 5.01. The molecule has 0 bridgehead atoms. The molecule has 1 aliphatic heterocycles. The van der Waals surface area contributed by atoms with E-state index in [9.17, 15) is 9.59 Å². The standard InChI is InChI=1S/C21H24N2O3/c1-2-26-20(24)14-19-21(25)22-12-13-23(19)15-16-8-10-18(11-9-16)17-6-4-3-5-7-17/h3-11,19H,2,12-15H2,1H3,(H,22,25)/t19-/m0/s1. The van der Waals surface area contributed by atoms with Gasteiger partial charge in [0.2, 0.25) is 5.91 Å². The Morgan fingerprint density at radius 1 is 1.12 bits per heavy atom. The molecule has 1 heterocycles. The first-order valence-electron chi connectivity index (χ1n) is 8.99. The van der Waals surface area contributed by atoms with Gasteiger partial charge < -0.3 is 10.1 Å². The average Bonchev–Trinajstić information content (AvgIpc) is 2.66. The molecular formula is C21H24N2O3. The predicted molar refractivity (Wildman–Crippen MR) is 100 cm³/mol. The van der Waals surface area contributed by atoms with Crippen LogP contribution >= 0.6 is 0 Å². The van der Waals surface area contributed by atoms with Crippen molar-refractivity contribution in [1.82, 2.24) is 10.2 Å². The van der Waals surface area contributed by atoms with Gasteiger partial charge in [-0.2, -0.15) is 0 Å². The van der Waals surface area contributed by atoms with Crippen LogP contribution < -0.4 is 5.32 Å². The Bertz CT molecular complexity index is 744. The molecule has 2 aromatic carbocycles. The molecule has 0 aromatic heterocycles. The molecular weight excluding hydrogens is 328 g/mol. The summed E-state index contributed by atoms with van der Waals surface area (Å²) in [4.78, 5) is 26.1. The number of hydrogen-bond acceptors (Lipinski definition) is 4. The molecule has 1 N–H and O–H groups in total. The molecule has 0 unspecified atom stereocenters. The number of rotatable bonds is 6. The zero-order chi connectivity index (χ0) is 18.4. The average molecular weight is 352 g/mol. The van der Waals surface area contributed by atoms with E-state index in [1.54, 1.807) is 6.92 Å². The van der Waals surface area contributed by atoms with E-state index < -0.39 is 6.04 Å². The second kappa shape index (κ2) is 8.63. The molecule has 2 aromatic rings. The van der Waals surface area contributed by atoms with Crippen LogP contribution in [-0.2, 0) is 20.9 Å². The highest BCUT2D eigenvalue weighted by Gasteiger charge is 2.32. The summed E-state index contributed by atoms with van der Waals surface area (Å²) in [5.74, 6) is -0.441. The van der Waals surface area contributed by atoms with Crippen LogP contribution in [0.25, 0.3) is 11.1 Å². The number of benzene rings is 2. The van der Waals surface area contributed by atoms with Crippen LogP contribution in [0.15, 0.2) is 54.6 Å². The monoisotopic (exact) mass is 352 g/mol. The van der Waals surface area contributed by atoms with E-state index in [0.717, 1.165) is 17.7 Å². The number of ether oxygens (including phenoxy) is 1. The molecule has 5 nitrogen and oxygen atoms in total. The van der Waals surface area contributed by atoms with Crippen molar-refractivity contribution in [1.29, 1.82) is 0 Å². The Balaban J connectivity index is 1.69. The maximum absolute atomic E-state index is 12.2. The Morgan fingerprint density at radius 2 is 1.81 bits per heavy atom. The van der Waals surface area contributed by atoms with Crippen molar-refractivity contribution in [2.75, 3.05) is 19.7 Å². The smallest absolute Gasteiger partial charge is 0.307 e. The van der Waals surface area contributed by atoms with Crippen molar-refractivity contribution < 1.29 is 14.3 Å². The SMILES string of the molecule is CCOC(=O)C[C@H]1C(=O)NCCN1Cc1ccc(-c2ccccc2)cc1. The van der Waals surface area contributed by atoms with Gasteiger partial charge in [-0.15, -0.1) is 0 Å². The van der Waals surface area contributed by atoms with Crippen molar-refractivity contribution in [2.45, 2.75) is 25.9 Å². The van der Waals surface area contributed by atoms with Gasteiger partial charge >= 0.3 is 5.97 Å². The molecule has 0 saturated carbocycles. The first kappa shape index (κ1) is 18.1. The fraction of sp³-hybridized carbons (Fsp3) is 0.333. The zero-order valence-electron chi connectivity index (χ0n) is 15.0. The van der Waals surface area contributed by atoms with E-state index in [4.69, 9.17) is 4.74 Å². The molecule has 136 valence electrons. The van der Waals surface area contributed by atoms with Crippen LogP contribution in [0, 0.1) is 0 Å². The number of nitrogens with one attached hydrogen (secondary N) is 1. The number of esters is 1. The van der Waals surface area contributed by atoms with Gasteiger partial charge in [0.25, 0.3) is 0 Å². The van der Waals surface area contributed by atoms with Gasteiger partial charge in [0.1, 0.15) is 6.04 Å². The molecule has 5 heteroatoms. The summed E-state index contributed by atoms with van der Waals surface area (Å²) in [6.45, 7) is 4.04. The van der Waals surface area contributed by atoms with Crippen LogP contribution in [0.5, 0.6) is 0 Å². The van der Waals surface area contributed by atoms with Crippen LogP contribution in [0.4, 0.5) is 0 Å². The van der Waals surface area contributed by atoms with Crippen molar-refractivity contribution >= 4 is 11.9 Å². The zero-order valence-corrected chi connectivity index (χ0v) is 15.0. The molecule has 1 aliphatic rings. The maximum atomic E-state index is 12.2. The first-order valence-corrected chi connectivity index (χ1v) is 8.99.